The summed E-state index contributed by atoms with van der Waals surface area (Å²) < 4.78 is 15.4. The summed E-state index contributed by atoms with van der Waals surface area (Å²) in [4.78, 5) is 38.8. The molecule has 2 heterocycles. The van der Waals surface area contributed by atoms with Crippen molar-refractivity contribution in [3.05, 3.63) is 88.5 Å². The minimum atomic E-state index is -0.872. The first-order valence-electron chi connectivity index (χ1n) is 10.9. The van der Waals surface area contributed by atoms with Crippen LogP contribution in [-0.4, -0.2) is 22.4 Å². The van der Waals surface area contributed by atoms with Crippen molar-refractivity contribution in [3.8, 4) is 5.69 Å². The maximum atomic E-state index is 13.3. The van der Waals surface area contributed by atoms with Gasteiger partial charge in [0.25, 0.3) is 11.8 Å². The third-order valence-corrected chi connectivity index (χ3v) is 5.95. The van der Waals surface area contributed by atoms with E-state index in [9.17, 15) is 18.8 Å². The number of hydrogen-bond acceptors (Lipinski definition) is 3. The summed E-state index contributed by atoms with van der Waals surface area (Å²) in [5, 5.41) is 2.19. The second-order valence-corrected chi connectivity index (χ2v) is 9.39. The van der Waals surface area contributed by atoms with Gasteiger partial charge in [0, 0.05) is 17.1 Å². The Morgan fingerprint density at radius 2 is 1.47 bits per heavy atom. The lowest BCUT2D eigenvalue weighted by molar-refractivity contribution is -0.122. The van der Waals surface area contributed by atoms with Gasteiger partial charge in [-0.2, -0.15) is 0 Å². The Kier molecular flexibility index (Phi) is 5.73. The largest absolute Gasteiger partial charge is 0.335 e. The second-order valence-electron chi connectivity index (χ2n) is 9.39. The maximum Gasteiger partial charge on any atom is 0.335 e. The Balaban J connectivity index is 1.72. The first kappa shape index (κ1) is 23.2. The summed E-state index contributed by atoms with van der Waals surface area (Å²) in [6.45, 7) is 10.3. The fraction of sp³-hybridized carbons (Fsp3) is 0.222. The number of amides is 4. The molecule has 0 saturated carbocycles. The summed E-state index contributed by atoms with van der Waals surface area (Å²) >= 11 is 0. The van der Waals surface area contributed by atoms with E-state index >= 15 is 0 Å². The Morgan fingerprint density at radius 3 is 2.06 bits per heavy atom. The van der Waals surface area contributed by atoms with Crippen LogP contribution in [0.25, 0.3) is 11.8 Å². The first-order chi connectivity index (χ1) is 16.0. The van der Waals surface area contributed by atoms with Crippen LogP contribution in [0.3, 0.4) is 0 Å². The van der Waals surface area contributed by atoms with Crippen LogP contribution in [0.2, 0.25) is 0 Å². The zero-order chi connectivity index (χ0) is 24.8. The summed E-state index contributed by atoms with van der Waals surface area (Å²) in [5.41, 5.74) is 4.69. The summed E-state index contributed by atoms with van der Waals surface area (Å²) in [6.07, 6.45) is 1.49. The average molecular weight is 460 g/mol. The number of imide groups is 2. The molecule has 0 atom stereocenters. The van der Waals surface area contributed by atoms with Gasteiger partial charge in [0.05, 0.1) is 5.69 Å². The minimum Gasteiger partial charge on any atom is -0.318 e. The molecule has 0 aliphatic carbocycles. The number of hydrogen-bond donors (Lipinski definition) is 1. The van der Waals surface area contributed by atoms with Gasteiger partial charge in [-0.05, 0) is 78.9 Å². The first-order valence-corrected chi connectivity index (χ1v) is 10.9. The van der Waals surface area contributed by atoms with Crippen molar-refractivity contribution in [2.24, 2.45) is 0 Å². The van der Waals surface area contributed by atoms with Crippen molar-refractivity contribution >= 4 is 29.6 Å². The van der Waals surface area contributed by atoms with Gasteiger partial charge in [0.1, 0.15) is 11.4 Å². The van der Waals surface area contributed by atoms with E-state index in [0.29, 0.717) is 5.56 Å². The number of nitrogens with zero attached hydrogens (tertiary/aromatic N) is 2. The lowest BCUT2D eigenvalue weighted by atomic mass is 9.87. The summed E-state index contributed by atoms with van der Waals surface area (Å²) in [5.74, 6) is -2.03. The molecule has 174 valence electrons. The van der Waals surface area contributed by atoms with Crippen molar-refractivity contribution in [2.75, 3.05) is 4.90 Å². The molecule has 4 rings (SSSR count). The average Bonchev–Trinajstić information content (AvgIpc) is 3.04. The molecule has 0 bridgehead atoms. The van der Waals surface area contributed by atoms with Crippen molar-refractivity contribution in [1.29, 1.82) is 0 Å². The number of aryl methyl sites for hydroxylation is 1. The number of halogens is 1. The third-order valence-electron chi connectivity index (χ3n) is 5.95. The minimum absolute atomic E-state index is 0.0391. The number of aromatic nitrogens is 1. The Labute approximate surface area is 197 Å². The standard InChI is InChI=1S/C27H26FN3O3/c1-16-14-18(17(2)30(16)21-10-6-19(7-11-21)27(3,4)5)15-23-24(32)29-26(34)31(25(23)33)22-12-8-20(28)9-13-22/h6-15H,1-5H3,(H,29,32,34)/b23-15-. The summed E-state index contributed by atoms with van der Waals surface area (Å²) in [7, 11) is 0. The van der Waals surface area contributed by atoms with Crippen LogP contribution in [-0.2, 0) is 15.0 Å². The molecule has 1 saturated heterocycles. The number of rotatable bonds is 3. The Bertz CT molecular complexity index is 1330. The monoisotopic (exact) mass is 459 g/mol. The molecule has 4 amide bonds. The predicted molar refractivity (Wildman–Crippen MR) is 129 cm³/mol. The van der Waals surface area contributed by atoms with E-state index in [1.165, 1.54) is 23.8 Å². The van der Waals surface area contributed by atoms with Crippen LogP contribution in [0.4, 0.5) is 14.9 Å². The highest BCUT2D eigenvalue weighted by atomic mass is 19.1. The van der Waals surface area contributed by atoms with E-state index in [1.54, 1.807) is 0 Å². The van der Waals surface area contributed by atoms with Crippen molar-refractivity contribution in [2.45, 2.75) is 40.0 Å². The molecular formula is C27H26FN3O3. The van der Waals surface area contributed by atoms with Gasteiger partial charge in [-0.1, -0.05) is 32.9 Å². The van der Waals surface area contributed by atoms with Gasteiger partial charge in [-0.25, -0.2) is 14.1 Å². The summed E-state index contributed by atoms with van der Waals surface area (Å²) in [6, 6.07) is 14.2. The number of anilines is 1. The van der Waals surface area contributed by atoms with Crippen LogP contribution in [0, 0.1) is 19.7 Å². The topological polar surface area (TPSA) is 71.4 Å². The molecule has 1 fully saturated rings. The zero-order valence-corrected chi connectivity index (χ0v) is 19.8. The number of carbonyl (C=O) groups excluding carboxylic acids is 3. The molecule has 1 aromatic heterocycles. The van der Waals surface area contributed by atoms with Crippen molar-refractivity contribution < 1.29 is 18.8 Å². The SMILES string of the molecule is Cc1cc(/C=C2/C(=O)NC(=O)N(c3ccc(F)cc3)C2=O)c(C)n1-c1ccc(C(C)(C)C)cc1. The fourth-order valence-corrected chi connectivity index (χ4v) is 4.08. The second kappa shape index (κ2) is 8.41. The van der Waals surface area contributed by atoms with Gasteiger partial charge in [-0.15, -0.1) is 0 Å². The molecule has 3 aromatic rings. The molecule has 1 aliphatic rings. The number of benzene rings is 2. The smallest absolute Gasteiger partial charge is 0.318 e. The third kappa shape index (κ3) is 4.17. The zero-order valence-electron chi connectivity index (χ0n) is 19.8. The van der Waals surface area contributed by atoms with Crippen LogP contribution in [0.1, 0.15) is 43.3 Å². The van der Waals surface area contributed by atoms with Gasteiger partial charge in [0.15, 0.2) is 0 Å². The predicted octanol–water partition coefficient (Wildman–Crippen LogP) is 5.20. The molecule has 2 aromatic carbocycles. The highest BCUT2D eigenvalue weighted by Crippen LogP contribution is 2.28. The van der Waals surface area contributed by atoms with E-state index in [0.717, 1.165) is 34.1 Å². The molecule has 0 radical (unpaired) electrons. The van der Waals surface area contributed by atoms with Gasteiger partial charge >= 0.3 is 6.03 Å². The molecule has 0 spiro atoms. The molecule has 1 N–H and O–H groups in total. The molecule has 1 aliphatic heterocycles. The molecule has 7 heteroatoms. The number of urea groups is 1. The lowest BCUT2D eigenvalue weighted by Gasteiger charge is -2.26. The molecule has 0 unspecified atom stereocenters. The molecule has 6 nitrogen and oxygen atoms in total. The van der Waals surface area contributed by atoms with Crippen LogP contribution in [0.5, 0.6) is 0 Å². The highest BCUT2D eigenvalue weighted by Gasteiger charge is 2.37. The van der Waals surface area contributed by atoms with Gasteiger partial charge < -0.3 is 4.57 Å². The van der Waals surface area contributed by atoms with E-state index in [2.05, 4.69) is 38.2 Å². The number of nitrogens with one attached hydrogen (secondary N) is 1. The normalized spacial score (nSPS) is 15.8. The Hall–Kier alpha value is -4.00. The van der Waals surface area contributed by atoms with Crippen LogP contribution < -0.4 is 10.2 Å². The van der Waals surface area contributed by atoms with E-state index in [4.69, 9.17) is 0 Å². The van der Waals surface area contributed by atoms with Crippen molar-refractivity contribution in [1.82, 2.24) is 9.88 Å². The van der Waals surface area contributed by atoms with E-state index < -0.39 is 23.7 Å². The van der Waals surface area contributed by atoms with Crippen LogP contribution in [0.15, 0.2) is 60.2 Å². The lowest BCUT2D eigenvalue weighted by Crippen LogP contribution is -2.54. The van der Waals surface area contributed by atoms with Gasteiger partial charge in [0.2, 0.25) is 0 Å². The van der Waals surface area contributed by atoms with E-state index in [-0.39, 0.29) is 16.7 Å². The number of barbiturate groups is 1. The van der Waals surface area contributed by atoms with Crippen molar-refractivity contribution in [3.63, 3.8) is 0 Å². The van der Waals surface area contributed by atoms with Crippen LogP contribution >= 0.6 is 0 Å². The highest BCUT2D eigenvalue weighted by molar-refractivity contribution is 6.39. The molecular weight excluding hydrogens is 433 g/mol. The fourth-order valence-electron chi connectivity index (χ4n) is 4.08. The Morgan fingerprint density at radius 1 is 0.882 bits per heavy atom. The maximum absolute atomic E-state index is 13.3. The van der Waals surface area contributed by atoms with Gasteiger partial charge in [-0.3, -0.25) is 14.9 Å². The van der Waals surface area contributed by atoms with E-state index in [1.807, 2.05) is 36.6 Å². The quantitative estimate of drug-likeness (QED) is 0.432. The number of carbonyl (C=O) groups is 3. The molecule has 34 heavy (non-hydrogen) atoms.